The van der Waals surface area contributed by atoms with Gasteiger partial charge < -0.3 is 9.47 Å². The molecule has 0 saturated heterocycles. The lowest BCUT2D eigenvalue weighted by Crippen LogP contribution is -2.26. The van der Waals surface area contributed by atoms with Crippen LogP contribution in [0.5, 0.6) is 0 Å². The van der Waals surface area contributed by atoms with Gasteiger partial charge in [-0.3, -0.25) is 4.79 Å². The highest BCUT2D eigenvalue weighted by atomic mass is 16.5. The molecule has 0 aliphatic heterocycles. The van der Waals surface area contributed by atoms with E-state index in [0.29, 0.717) is 37.0 Å². The van der Waals surface area contributed by atoms with Crippen LogP contribution >= 0.6 is 0 Å². The Morgan fingerprint density at radius 1 is 1.04 bits per heavy atom. The van der Waals surface area contributed by atoms with Crippen molar-refractivity contribution in [2.75, 3.05) is 13.2 Å². The summed E-state index contributed by atoms with van der Waals surface area (Å²) < 4.78 is 10.7. The molecule has 4 heteroatoms. The fourth-order valence-corrected chi connectivity index (χ4v) is 2.78. The van der Waals surface area contributed by atoms with Crippen LogP contribution in [0.2, 0.25) is 0 Å². The van der Waals surface area contributed by atoms with Gasteiger partial charge in [0.25, 0.3) is 0 Å². The molecule has 132 valence electrons. The third kappa shape index (κ3) is 5.08. The first kappa shape index (κ1) is 18.5. The van der Waals surface area contributed by atoms with Gasteiger partial charge in [-0.1, -0.05) is 33.8 Å². The van der Waals surface area contributed by atoms with E-state index in [9.17, 15) is 9.59 Å². The first-order chi connectivity index (χ1) is 11.4. The molecule has 1 aromatic carbocycles. The van der Waals surface area contributed by atoms with Gasteiger partial charge in [-0.15, -0.1) is 0 Å². The number of hydrogen-bond acceptors (Lipinski definition) is 4. The normalized spacial score (nSPS) is 16.8. The van der Waals surface area contributed by atoms with Gasteiger partial charge in [-0.2, -0.15) is 0 Å². The van der Waals surface area contributed by atoms with Crippen molar-refractivity contribution < 1.29 is 19.1 Å². The molecule has 2 rings (SSSR count). The molecule has 1 atom stereocenters. The van der Waals surface area contributed by atoms with Crippen molar-refractivity contribution in [1.29, 1.82) is 0 Å². The Balaban J connectivity index is 2.02. The van der Waals surface area contributed by atoms with Gasteiger partial charge in [0.15, 0.2) is 0 Å². The number of rotatable bonds is 6. The van der Waals surface area contributed by atoms with Crippen LogP contribution in [-0.2, 0) is 27.1 Å². The van der Waals surface area contributed by atoms with Gasteiger partial charge in [-0.25, -0.2) is 4.79 Å². The number of aryl methyl sites for hydroxylation is 1. The molecule has 1 aromatic rings. The third-order valence-corrected chi connectivity index (χ3v) is 4.11. The van der Waals surface area contributed by atoms with Crippen molar-refractivity contribution in [3.8, 4) is 0 Å². The van der Waals surface area contributed by atoms with Crippen molar-refractivity contribution >= 4 is 11.9 Å². The first-order valence-corrected chi connectivity index (χ1v) is 8.82. The van der Waals surface area contributed by atoms with Crippen LogP contribution in [0.25, 0.3) is 0 Å². The van der Waals surface area contributed by atoms with Crippen molar-refractivity contribution in [2.45, 2.75) is 47.0 Å². The summed E-state index contributed by atoms with van der Waals surface area (Å²) in [6, 6.07) is 5.68. The SMILES string of the molecule is CC(C)COC(=O)c1ccc2c(c1)CC(C(=O)OCC(C)C)CC2. The van der Waals surface area contributed by atoms with E-state index < -0.39 is 0 Å². The van der Waals surface area contributed by atoms with Crippen LogP contribution in [-0.4, -0.2) is 25.2 Å². The predicted octanol–water partition coefficient (Wildman–Crippen LogP) is 3.80. The largest absolute Gasteiger partial charge is 0.465 e. The zero-order valence-electron chi connectivity index (χ0n) is 15.1. The van der Waals surface area contributed by atoms with E-state index in [1.807, 2.05) is 45.9 Å². The van der Waals surface area contributed by atoms with Crippen LogP contribution in [0.15, 0.2) is 18.2 Å². The second kappa shape index (κ2) is 8.32. The molecular weight excluding hydrogens is 304 g/mol. The highest BCUT2D eigenvalue weighted by molar-refractivity contribution is 5.89. The molecule has 24 heavy (non-hydrogen) atoms. The van der Waals surface area contributed by atoms with Crippen molar-refractivity contribution in [2.24, 2.45) is 17.8 Å². The molecule has 0 amide bonds. The van der Waals surface area contributed by atoms with Gasteiger partial charge in [0.1, 0.15) is 0 Å². The van der Waals surface area contributed by atoms with Gasteiger partial charge in [0.2, 0.25) is 0 Å². The van der Waals surface area contributed by atoms with Crippen LogP contribution in [0, 0.1) is 17.8 Å². The maximum atomic E-state index is 12.2. The maximum Gasteiger partial charge on any atom is 0.338 e. The summed E-state index contributed by atoms with van der Waals surface area (Å²) in [5.41, 5.74) is 2.83. The zero-order valence-corrected chi connectivity index (χ0v) is 15.1. The van der Waals surface area contributed by atoms with Gasteiger partial charge >= 0.3 is 11.9 Å². The first-order valence-electron chi connectivity index (χ1n) is 8.82. The molecule has 0 saturated carbocycles. The molecular formula is C20H28O4. The van der Waals surface area contributed by atoms with Crippen molar-refractivity contribution in [3.63, 3.8) is 0 Å². The van der Waals surface area contributed by atoms with Crippen LogP contribution in [0.4, 0.5) is 0 Å². The zero-order chi connectivity index (χ0) is 17.7. The Kier molecular flexibility index (Phi) is 6.41. The van der Waals surface area contributed by atoms with E-state index in [1.54, 1.807) is 0 Å². The van der Waals surface area contributed by atoms with E-state index >= 15 is 0 Å². The minimum atomic E-state index is -0.295. The lowest BCUT2D eigenvalue weighted by Gasteiger charge is -2.24. The van der Waals surface area contributed by atoms with E-state index in [-0.39, 0.29) is 17.9 Å². The second-order valence-electron chi connectivity index (χ2n) is 7.44. The number of carbonyl (C=O) groups excluding carboxylic acids is 2. The molecule has 0 aromatic heterocycles. The van der Waals surface area contributed by atoms with Crippen LogP contribution in [0.1, 0.15) is 55.6 Å². The Labute approximate surface area is 144 Å². The highest BCUT2D eigenvalue weighted by Crippen LogP contribution is 2.27. The fraction of sp³-hybridized carbons (Fsp3) is 0.600. The average Bonchev–Trinajstić information content (AvgIpc) is 2.56. The van der Waals surface area contributed by atoms with E-state index in [2.05, 4.69) is 0 Å². The quantitative estimate of drug-likeness (QED) is 0.744. The Morgan fingerprint density at radius 2 is 1.71 bits per heavy atom. The van der Waals surface area contributed by atoms with Gasteiger partial charge in [0, 0.05) is 0 Å². The van der Waals surface area contributed by atoms with Crippen LogP contribution < -0.4 is 0 Å². The summed E-state index contributed by atoms with van der Waals surface area (Å²) in [5.74, 6) is 0.121. The lowest BCUT2D eigenvalue weighted by atomic mass is 9.83. The number of carbonyl (C=O) groups is 2. The highest BCUT2D eigenvalue weighted by Gasteiger charge is 2.26. The molecule has 1 unspecified atom stereocenters. The third-order valence-electron chi connectivity index (χ3n) is 4.11. The molecule has 4 nitrogen and oxygen atoms in total. The summed E-state index contributed by atoms with van der Waals surface area (Å²) in [6.45, 7) is 8.95. The van der Waals surface area contributed by atoms with Crippen molar-refractivity contribution in [1.82, 2.24) is 0 Å². The monoisotopic (exact) mass is 332 g/mol. The number of hydrogen-bond donors (Lipinski definition) is 0. The minimum Gasteiger partial charge on any atom is -0.465 e. The number of esters is 2. The molecule has 0 radical (unpaired) electrons. The summed E-state index contributed by atoms with van der Waals surface area (Å²) in [7, 11) is 0. The molecule has 0 bridgehead atoms. The van der Waals surface area contributed by atoms with Crippen molar-refractivity contribution in [3.05, 3.63) is 34.9 Å². The topological polar surface area (TPSA) is 52.6 Å². The number of fused-ring (bicyclic) bond motifs is 1. The second-order valence-corrected chi connectivity index (χ2v) is 7.44. The molecule has 0 heterocycles. The predicted molar refractivity (Wildman–Crippen MR) is 92.9 cm³/mol. The van der Waals surface area contributed by atoms with Gasteiger partial charge in [0.05, 0.1) is 24.7 Å². The average molecular weight is 332 g/mol. The summed E-state index contributed by atoms with van der Waals surface area (Å²) in [6.07, 6.45) is 2.29. The molecule has 1 aliphatic carbocycles. The Bertz CT molecular complexity index is 589. The van der Waals surface area contributed by atoms with E-state index in [1.165, 1.54) is 5.56 Å². The number of ether oxygens (including phenoxy) is 2. The molecule has 0 N–H and O–H groups in total. The molecule has 0 spiro atoms. The standard InChI is InChI=1S/C20H28O4/c1-13(2)11-23-19(21)16-7-5-15-6-8-17(10-18(15)9-16)20(22)24-12-14(3)4/h5,7,9,13-14,17H,6,8,10-12H2,1-4H3. The summed E-state index contributed by atoms with van der Waals surface area (Å²) in [5, 5.41) is 0. The van der Waals surface area contributed by atoms with E-state index in [4.69, 9.17) is 9.47 Å². The molecule has 1 aliphatic rings. The Morgan fingerprint density at radius 3 is 2.38 bits per heavy atom. The minimum absolute atomic E-state index is 0.113. The van der Waals surface area contributed by atoms with E-state index in [0.717, 1.165) is 18.4 Å². The summed E-state index contributed by atoms with van der Waals surface area (Å²) >= 11 is 0. The fourth-order valence-electron chi connectivity index (χ4n) is 2.78. The summed E-state index contributed by atoms with van der Waals surface area (Å²) in [4.78, 5) is 24.3. The molecule has 0 fully saturated rings. The van der Waals surface area contributed by atoms with Gasteiger partial charge in [-0.05, 0) is 54.4 Å². The smallest absolute Gasteiger partial charge is 0.338 e. The maximum absolute atomic E-state index is 12.2. The lowest BCUT2D eigenvalue weighted by molar-refractivity contribution is -0.150. The van der Waals surface area contributed by atoms with Crippen LogP contribution in [0.3, 0.4) is 0 Å². The Hall–Kier alpha value is -1.84. The number of benzene rings is 1.